The molecule has 5 heteroatoms. The summed E-state index contributed by atoms with van der Waals surface area (Å²) in [5.41, 5.74) is 2.02. The van der Waals surface area contributed by atoms with Gasteiger partial charge >= 0.3 is 0 Å². The van der Waals surface area contributed by atoms with E-state index in [0.29, 0.717) is 12.4 Å². The summed E-state index contributed by atoms with van der Waals surface area (Å²) in [4.78, 5) is 11.9. The monoisotopic (exact) mass is 365 g/mol. The van der Waals surface area contributed by atoms with Crippen LogP contribution in [0.1, 0.15) is 11.1 Å². The first-order chi connectivity index (χ1) is 13.1. The molecular formula is C22H17F2NO2. The van der Waals surface area contributed by atoms with Crippen molar-refractivity contribution in [3.8, 4) is 5.75 Å². The molecule has 0 saturated heterocycles. The lowest BCUT2D eigenvalue weighted by Gasteiger charge is -2.07. The number of rotatable bonds is 6. The van der Waals surface area contributed by atoms with Crippen molar-refractivity contribution in [1.82, 2.24) is 0 Å². The fourth-order valence-corrected chi connectivity index (χ4v) is 2.38. The molecule has 0 aliphatic carbocycles. The fraction of sp³-hybridized carbons (Fsp3) is 0.0455. The Hall–Kier alpha value is -3.47. The van der Waals surface area contributed by atoms with Crippen molar-refractivity contribution in [2.45, 2.75) is 6.61 Å². The van der Waals surface area contributed by atoms with E-state index < -0.39 is 17.5 Å². The Morgan fingerprint density at radius 3 is 2.52 bits per heavy atom. The Kier molecular flexibility index (Phi) is 5.94. The van der Waals surface area contributed by atoms with Crippen LogP contribution in [0.5, 0.6) is 5.75 Å². The third-order valence-electron chi connectivity index (χ3n) is 3.72. The molecule has 0 aliphatic heterocycles. The number of hydrogen-bond donors (Lipinski definition) is 1. The molecular weight excluding hydrogens is 348 g/mol. The lowest BCUT2D eigenvalue weighted by atomic mass is 10.2. The van der Waals surface area contributed by atoms with Gasteiger partial charge in [-0.25, -0.2) is 8.78 Å². The van der Waals surface area contributed by atoms with E-state index in [1.807, 2.05) is 54.6 Å². The van der Waals surface area contributed by atoms with Crippen molar-refractivity contribution >= 4 is 17.7 Å². The summed E-state index contributed by atoms with van der Waals surface area (Å²) in [6.45, 7) is 0.449. The first kappa shape index (κ1) is 18.3. The molecule has 0 heterocycles. The summed E-state index contributed by atoms with van der Waals surface area (Å²) >= 11 is 0. The smallest absolute Gasteiger partial charge is 0.248 e. The molecule has 0 atom stereocenters. The summed E-state index contributed by atoms with van der Waals surface area (Å²) in [7, 11) is 0. The van der Waals surface area contributed by atoms with Gasteiger partial charge in [-0.1, -0.05) is 42.5 Å². The van der Waals surface area contributed by atoms with Gasteiger partial charge in [0.2, 0.25) is 5.91 Å². The molecule has 0 saturated carbocycles. The van der Waals surface area contributed by atoms with Crippen LogP contribution in [0.2, 0.25) is 0 Å². The quantitative estimate of drug-likeness (QED) is 0.610. The standard InChI is InChI=1S/C22H17F2NO2/c23-20-11-10-18(14-21(20)24)25-22(26)12-9-16-7-4-8-19(13-16)27-15-17-5-2-1-3-6-17/h1-14H,15H2,(H,25,26)/b12-9+. The Morgan fingerprint density at radius 2 is 1.74 bits per heavy atom. The lowest BCUT2D eigenvalue weighted by molar-refractivity contribution is -0.111. The van der Waals surface area contributed by atoms with Crippen molar-refractivity contribution in [1.29, 1.82) is 0 Å². The molecule has 3 aromatic rings. The van der Waals surface area contributed by atoms with E-state index in [9.17, 15) is 13.6 Å². The van der Waals surface area contributed by atoms with E-state index in [-0.39, 0.29) is 5.69 Å². The van der Waals surface area contributed by atoms with Gasteiger partial charge < -0.3 is 10.1 Å². The predicted octanol–water partition coefficient (Wildman–Crippen LogP) is 5.20. The molecule has 3 aromatic carbocycles. The van der Waals surface area contributed by atoms with Crippen LogP contribution >= 0.6 is 0 Å². The molecule has 0 bridgehead atoms. The van der Waals surface area contributed by atoms with Gasteiger partial charge in [0, 0.05) is 17.8 Å². The van der Waals surface area contributed by atoms with Gasteiger partial charge in [0.1, 0.15) is 12.4 Å². The minimum absolute atomic E-state index is 0.184. The molecule has 0 radical (unpaired) electrons. The van der Waals surface area contributed by atoms with Gasteiger partial charge in [-0.3, -0.25) is 4.79 Å². The third-order valence-corrected chi connectivity index (χ3v) is 3.72. The number of carbonyl (C=O) groups excluding carboxylic acids is 1. The van der Waals surface area contributed by atoms with Gasteiger partial charge in [-0.2, -0.15) is 0 Å². The Bertz CT molecular complexity index is 956. The molecule has 3 rings (SSSR count). The van der Waals surface area contributed by atoms with E-state index in [0.717, 1.165) is 23.3 Å². The maximum Gasteiger partial charge on any atom is 0.248 e. The molecule has 136 valence electrons. The summed E-state index contributed by atoms with van der Waals surface area (Å²) in [6.07, 6.45) is 2.93. The van der Waals surface area contributed by atoms with Crippen LogP contribution in [0.25, 0.3) is 6.08 Å². The minimum Gasteiger partial charge on any atom is -0.489 e. The number of halogens is 2. The number of anilines is 1. The van der Waals surface area contributed by atoms with Crippen LogP contribution in [0, 0.1) is 11.6 Å². The highest BCUT2D eigenvalue weighted by molar-refractivity contribution is 6.01. The third kappa shape index (κ3) is 5.51. The molecule has 27 heavy (non-hydrogen) atoms. The van der Waals surface area contributed by atoms with Crippen LogP contribution < -0.4 is 10.1 Å². The maximum atomic E-state index is 13.2. The summed E-state index contributed by atoms with van der Waals surface area (Å²) in [6, 6.07) is 20.3. The van der Waals surface area contributed by atoms with E-state index in [1.54, 1.807) is 6.08 Å². The number of carbonyl (C=O) groups is 1. The maximum absolute atomic E-state index is 13.2. The first-order valence-corrected chi connectivity index (χ1v) is 8.31. The van der Waals surface area contributed by atoms with Crippen LogP contribution in [0.4, 0.5) is 14.5 Å². The fourth-order valence-electron chi connectivity index (χ4n) is 2.38. The van der Waals surface area contributed by atoms with Gasteiger partial charge in [0.25, 0.3) is 0 Å². The topological polar surface area (TPSA) is 38.3 Å². The van der Waals surface area contributed by atoms with E-state index >= 15 is 0 Å². The second kappa shape index (κ2) is 8.76. The van der Waals surface area contributed by atoms with Crippen LogP contribution in [0.3, 0.4) is 0 Å². The van der Waals surface area contributed by atoms with E-state index in [4.69, 9.17) is 4.74 Å². The summed E-state index contributed by atoms with van der Waals surface area (Å²) < 4.78 is 31.8. The molecule has 0 spiro atoms. The highest BCUT2D eigenvalue weighted by Gasteiger charge is 2.04. The van der Waals surface area contributed by atoms with E-state index in [1.165, 1.54) is 12.1 Å². The molecule has 0 aromatic heterocycles. The average molecular weight is 365 g/mol. The first-order valence-electron chi connectivity index (χ1n) is 8.31. The average Bonchev–Trinajstić information content (AvgIpc) is 2.69. The predicted molar refractivity (Wildman–Crippen MR) is 101 cm³/mol. The summed E-state index contributed by atoms with van der Waals surface area (Å²) in [5.74, 6) is -1.74. The van der Waals surface area contributed by atoms with Crippen LogP contribution in [-0.2, 0) is 11.4 Å². The number of benzene rings is 3. The molecule has 0 aliphatic rings. The van der Waals surface area contributed by atoms with Crippen molar-refractivity contribution in [3.05, 3.63) is 102 Å². The normalized spacial score (nSPS) is 10.7. The zero-order valence-corrected chi connectivity index (χ0v) is 14.4. The second-order valence-corrected chi connectivity index (χ2v) is 5.80. The largest absolute Gasteiger partial charge is 0.489 e. The van der Waals surface area contributed by atoms with E-state index in [2.05, 4.69) is 5.32 Å². The number of hydrogen-bond acceptors (Lipinski definition) is 2. The lowest BCUT2D eigenvalue weighted by Crippen LogP contribution is -2.08. The number of ether oxygens (including phenoxy) is 1. The van der Waals surface area contributed by atoms with Crippen LogP contribution in [0.15, 0.2) is 78.9 Å². The molecule has 1 amide bonds. The highest BCUT2D eigenvalue weighted by atomic mass is 19.2. The van der Waals surface area contributed by atoms with Gasteiger partial charge in [0.05, 0.1) is 0 Å². The SMILES string of the molecule is O=C(/C=C/c1cccc(OCc2ccccc2)c1)Nc1ccc(F)c(F)c1. The minimum atomic E-state index is -1.01. The van der Waals surface area contributed by atoms with Gasteiger partial charge in [0.15, 0.2) is 11.6 Å². The zero-order chi connectivity index (χ0) is 19.1. The zero-order valence-electron chi connectivity index (χ0n) is 14.4. The van der Waals surface area contributed by atoms with Crippen LogP contribution in [-0.4, -0.2) is 5.91 Å². The molecule has 0 unspecified atom stereocenters. The Morgan fingerprint density at radius 1 is 0.926 bits per heavy atom. The highest BCUT2D eigenvalue weighted by Crippen LogP contribution is 2.17. The van der Waals surface area contributed by atoms with Crippen molar-refractivity contribution in [2.24, 2.45) is 0 Å². The molecule has 1 N–H and O–H groups in total. The number of amides is 1. The van der Waals surface area contributed by atoms with Gasteiger partial charge in [-0.15, -0.1) is 0 Å². The Balaban J connectivity index is 1.59. The summed E-state index contributed by atoms with van der Waals surface area (Å²) in [5, 5.41) is 2.48. The van der Waals surface area contributed by atoms with Crippen molar-refractivity contribution in [3.63, 3.8) is 0 Å². The molecule has 3 nitrogen and oxygen atoms in total. The molecule has 0 fully saturated rings. The van der Waals surface area contributed by atoms with Crippen molar-refractivity contribution in [2.75, 3.05) is 5.32 Å². The Labute approximate surface area is 155 Å². The van der Waals surface area contributed by atoms with Gasteiger partial charge in [-0.05, 0) is 41.5 Å². The second-order valence-electron chi connectivity index (χ2n) is 5.80. The number of nitrogens with one attached hydrogen (secondary N) is 1. The van der Waals surface area contributed by atoms with Crippen molar-refractivity contribution < 1.29 is 18.3 Å².